The van der Waals surface area contributed by atoms with E-state index in [-0.39, 0.29) is 11.7 Å². The SMILES string of the molecule is CS(=O)(=O)C1CCN(c2nc(C(F)(F)F)cs2)C1. The maximum Gasteiger partial charge on any atom is 0.434 e. The summed E-state index contributed by atoms with van der Waals surface area (Å²) in [6, 6.07) is 0. The molecule has 0 aliphatic carbocycles. The Morgan fingerprint density at radius 3 is 2.61 bits per heavy atom. The largest absolute Gasteiger partial charge is 0.434 e. The fraction of sp³-hybridized carbons (Fsp3) is 0.667. The number of hydrogen-bond donors (Lipinski definition) is 0. The Balaban J connectivity index is 2.13. The molecule has 1 fully saturated rings. The van der Waals surface area contributed by atoms with E-state index in [1.165, 1.54) is 0 Å². The van der Waals surface area contributed by atoms with Crippen LogP contribution in [0.4, 0.5) is 18.3 Å². The Morgan fingerprint density at radius 1 is 1.50 bits per heavy atom. The third-order valence-corrected chi connectivity index (χ3v) is 5.30. The molecule has 0 N–H and O–H groups in total. The van der Waals surface area contributed by atoms with Gasteiger partial charge in [0, 0.05) is 24.7 Å². The quantitative estimate of drug-likeness (QED) is 0.835. The molecule has 2 heterocycles. The van der Waals surface area contributed by atoms with Crippen LogP contribution in [0, 0.1) is 0 Å². The number of halogens is 3. The van der Waals surface area contributed by atoms with Gasteiger partial charge in [-0.05, 0) is 6.42 Å². The van der Waals surface area contributed by atoms with Crippen LogP contribution in [0.1, 0.15) is 12.1 Å². The zero-order valence-electron chi connectivity index (χ0n) is 9.44. The summed E-state index contributed by atoms with van der Waals surface area (Å²) >= 11 is 0.886. The van der Waals surface area contributed by atoms with Gasteiger partial charge in [0.15, 0.2) is 20.7 Å². The summed E-state index contributed by atoms with van der Waals surface area (Å²) in [6.45, 7) is 0.631. The highest BCUT2D eigenvalue weighted by Gasteiger charge is 2.36. The van der Waals surface area contributed by atoms with Gasteiger partial charge in [0.05, 0.1) is 5.25 Å². The number of nitrogens with zero attached hydrogens (tertiary/aromatic N) is 2. The molecule has 4 nitrogen and oxygen atoms in total. The van der Waals surface area contributed by atoms with Crippen molar-refractivity contribution < 1.29 is 21.6 Å². The van der Waals surface area contributed by atoms with E-state index in [2.05, 4.69) is 4.98 Å². The number of alkyl halides is 3. The van der Waals surface area contributed by atoms with Crippen molar-refractivity contribution in [2.75, 3.05) is 24.2 Å². The minimum atomic E-state index is -4.45. The highest BCUT2D eigenvalue weighted by Crippen LogP contribution is 2.34. The molecule has 0 saturated carbocycles. The van der Waals surface area contributed by atoms with E-state index >= 15 is 0 Å². The molecule has 1 aliphatic rings. The van der Waals surface area contributed by atoms with Gasteiger partial charge in [0.2, 0.25) is 0 Å². The van der Waals surface area contributed by atoms with E-state index in [0.29, 0.717) is 13.0 Å². The minimum absolute atomic E-state index is 0.212. The summed E-state index contributed by atoms with van der Waals surface area (Å²) < 4.78 is 59.9. The molecule has 0 aromatic carbocycles. The molecular formula is C9H11F3N2O2S2. The Labute approximate surface area is 106 Å². The molecule has 1 aromatic heterocycles. The zero-order chi connectivity index (χ0) is 13.6. The highest BCUT2D eigenvalue weighted by atomic mass is 32.2. The van der Waals surface area contributed by atoms with Crippen LogP contribution >= 0.6 is 11.3 Å². The molecule has 0 radical (unpaired) electrons. The maximum absolute atomic E-state index is 12.4. The third kappa shape index (κ3) is 2.77. The number of anilines is 1. The molecule has 102 valence electrons. The summed E-state index contributed by atoms with van der Waals surface area (Å²) in [4.78, 5) is 5.09. The number of sulfone groups is 1. The number of thiazole rings is 1. The van der Waals surface area contributed by atoms with Crippen molar-refractivity contribution in [3.8, 4) is 0 Å². The van der Waals surface area contributed by atoms with Crippen molar-refractivity contribution in [3.05, 3.63) is 11.1 Å². The van der Waals surface area contributed by atoms with Gasteiger partial charge in [-0.15, -0.1) is 11.3 Å². The number of rotatable bonds is 2. The zero-order valence-corrected chi connectivity index (χ0v) is 11.1. The van der Waals surface area contributed by atoms with E-state index in [1.54, 1.807) is 4.90 Å². The van der Waals surface area contributed by atoms with Crippen LogP contribution in [0.3, 0.4) is 0 Å². The van der Waals surface area contributed by atoms with Crippen LogP contribution < -0.4 is 4.90 Å². The highest BCUT2D eigenvalue weighted by molar-refractivity contribution is 7.91. The molecule has 0 amide bonds. The lowest BCUT2D eigenvalue weighted by atomic mass is 10.4. The van der Waals surface area contributed by atoms with Gasteiger partial charge in [-0.2, -0.15) is 13.2 Å². The van der Waals surface area contributed by atoms with Gasteiger partial charge in [-0.3, -0.25) is 0 Å². The first kappa shape index (κ1) is 13.6. The predicted octanol–water partition coefficient (Wildman–Crippen LogP) is 1.79. The Hall–Kier alpha value is -0.830. The molecule has 9 heteroatoms. The van der Waals surface area contributed by atoms with E-state index in [1.807, 2.05) is 0 Å². The average molecular weight is 300 g/mol. The molecule has 2 rings (SSSR count). The summed E-state index contributed by atoms with van der Waals surface area (Å²) in [5.41, 5.74) is -0.926. The normalized spacial score (nSPS) is 21.6. The number of aromatic nitrogens is 1. The summed E-state index contributed by atoms with van der Waals surface area (Å²) in [6.07, 6.45) is -2.88. The van der Waals surface area contributed by atoms with Crippen molar-refractivity contribution in [1.82, 2.24) is 4.98 Å². The van der Waals surface area contributed by atoms with Crippen molar-refractivity contribution >= 4 is 26.3 Å². The molecular weight excluding hydrogens is 289 g/mol. The molecule has 18 heavy (non-hydrogen) atoms. The molecule has 1 saturated heterocycles. The summed E-state index contributed by atoms with van der Waals surface area (Å²) in [5, 5.41) is 0.660. The van der Waals surface area contributed by atoms with E-state index < -0.39 is 27.0 Å². The molecule has 1 aliphatic heterocycles. The van der Waals surface area contributed by atoms with Gasteiger partial charge in [-0.1, -0.05) is 0 Å². The lowest BCUT2D eigenvalue weighted by molar-refractivity contribution is -0.140. The second-order valence-corrected chi connectivity index (χ2v) is 7.36. The van der Waals surface area contributed by atoms with Gasteiger partial charge in [-0.25, -0.2) is 13.4 Å². The lowest BCUT2D eigenvalue weighted by Gasteiger charge is -2.14. The summed E-state index contributed by atoms with van der Waals surface area (Å²) in [5.74, 6) is 0. The Kier molecular flexibility index (Phi) is 3.30. The average Bonchev–Trinajstić information content (AvgIpc) is 2.84. The van der Waals surface area contributed by atoms with E-state index in [0.717, 1.165) is 23.0 Å². The number of hydrogen-bond acceptors (Lipinski definition) is 5. The molecule has 1 unspecified atom stereocenters. The molecule has 0 bridgehead atoms. The van der Waals surface area contributed by atoms with Gasteiger partial charge < -0.3 is 4.90 Å². The first-order valence-electron chi connectivity index (χ1n) is 5.14. The fourth-order valence-corrected chi connectivity index (χ4v) is 3.64. The van der Waals surface area contributed by atoms with Crippen LogP contribution in [0.5, 0.6) is 0 Å². The topological polar surface area (TPSA) is 50.3 Å². The van der Waals surface area contributed by atoms with Crippen LogP contribution in [0.25, 0.3) is 0 Å². The van der Waals surface area contributed by atoms with Gasteiger partial charge in [0.25, 0.3) is 0 Å². The van der Waals surface area contributed by atoms with E-state index in [4.69, 9.17) is 0 Å². The maximum atomic E-state index is 12.4. The lowest BCUT2D eigenvalue weighted by Crippen LogP contribution is -2.26. The standard InChI is InChI=1S/C9H11F3N2O2S2/c1-18(15,16)6-2-3-14(4-6)8-13-7(5-17-8)9(10,11)12/h5-6H,2-4H2,1H3. The van der Waals surface area contributed by atoms with Crippen molar-refractivity contribution in [2.24, 2.45) is 0 Å². The van der Waals surface area contributed by atoms with Gasteiger partial charge >= 0.3 is 6.18 Å². The van der Waals surface area contributed by atoms with Crippen molar-refractivity contribution in [3.63, 3.8) is 0 Å². The predicted molar refractivity (Wildman–Crippen MR) is 62.6 cm³/mol. The molecule has 1 aromatic rings. The van der Waals surface area contributed by atoms with Crippen molar-refractivity contribution in [2.45, 2.75) is 17.8 Å². The minimum Gasteiger partial charge on any atom is -0.347 e. The Bertz CT molecular complexity index is 538. The third-order valence-electron chi connectivity index (χ3n) is 2.80. The smallest absolute Gasteiger partial charge is 0.347 e. The second kappa shape index (κ2) is 4.37. The molecule has 1 atom stereocenters. The Morgan fingerprint density at radius 2 is 2.17 bits per heavy atom. The summed E-state index contributed by atoms with van der Waals surface area (Å²) in [7, 11) is -3.15. The van der Waals surface area contributed by atoms with Crippen LogP contribution in [-0.2, 0) is 16.0 Å². The van der Waals surface area contributed by atoms with Crippen LogP contribution in [0.15, 0.2) is 5.38 Å². The van der Waals surface area contributed by atoms with Crippen LogP contribution in [0.2, 0.25) is 0 Å². The second-order valence-electron chi connectivity index (χ2n) is 4.20. The molecule has 0 spiro atoms. The van der Waals surface area contributed by atoms with Crippen molar-refractivity contribution in [1.29, 1.82) is 0 Å². The monoisotopic (exact) mass is 300 g/mol. The first-order valence-corrected chi connectivity index (χ1v) is 7.98. The fourth-order valence-electron chi connectivity index (χ4n) is 1.79. The van der Waals surface area contributed by atoms with Crippen LogP contribution in [-0.4, -0.2) is 38.0 Å². The first-order chi connectivity index (χ1) is 8.18. The van der Waals surface area contributed by atoms with Gasteiger partial charge in [0.1, 0.15) is 0 Å². The van der Waals surface area contributed by atoms with E-state index in [9.17, 15) is 21.6 Å².